The molecule has 0 fully saturated rings. The second-order valence-electron chi connectivity index (χ2n) is 5.44. The van der Waals surface area contributed by atoms with Gasteiger partial charge in [0.25, 0.3) is 0 Å². The summed E-state index contributed by atoms with van der Waals surface area (Å²) in [5, 5.41) is 12.0. The standard InChI is InChI=1S/C12H23NO3/c1-8(2)10(14)7-6-9(11(15)16)13-12(3,4)5/h8-9,13H,6-7H2,1-5H3,(H,15,16)/t9-/m1/s1. The molecule has 94 valence electrons. The van der Waals surface area contributed by atoms with E-state index in [1.807, 2.05) is 34.6 Å². The van der Waals surface area contributed by atoms with E-state index in [2.05, 4.69) is 5.32 Å². The van der Waals surface area contributed by atoms with Crippen LogP contribution in [0.4, 0.5) is 0 Å². The monoisotopic (exact) mass is 229 g/mol. The number of carbonyl (C=O) groups is 2. The summed E-state index contributed by atoms with van der Waals surface area (Å²) in [7, 11) is 0. The number of hydrogen-bond donors (Lipinski definition) is 2. The van der Waals surface area contributed by atoms with Crippen LogP contribution in [0.2, 0.25) is 0 Å². The van der Waals surface area contributed by atoms with Crippen molar-refractivity contribution in [2.45, 2.75) is 59.0 Å². The van der Waals surface area contributed by atoms with E-state index in [9.17, 15) is 9.59 Å². The Morgan fingerprint density at radius 3 is 2.06 bits per heavy atom. The molecule has 1 atom stereocenters. The largest absolute Gasteiger partial charge is 0.480 e. The zero-order chi connectivity index (χ0) is 12.9. The van der Waals surface area contributed by atoms with Crippen molar-refractivity contribution >= 4 is 11.8 Å². The van der Waals surface area contributed by atoms with Gasteiger partial charge in [-0.15, -0.1) is 0 Å². The molecule has 0 aromatic rings. The number of hydrogen-bond acceptors (Lipinski definition) is 3. The fourth-order valence-electron chi connectivity index (χ4n) is 1.36. The third-order valence-electron chi connectivity index (χ3n) is 2.23. The first-order chi connectivity index (χ1) is 7.13. The van der Waals surface area contributed by atoms with Crippen molar-refractivity contribution in [3.8, 4) is 0 Å². The molecule has 0 heterocycles. The molecule has 0 aliphatic heterocycles. The molecule has 0 spiro atoms. The van der Waals surface area contributed by atoms with Crippen molar-refractivity contribution in [1.82, 2.24) is 5.32 Å². The van der Waals surface area contributed by atoms with Crippen LogP contribution in [-0.4, -0.2) is 28.4 Å². The van der Waals surface area contributed by atoms with E-state index in [4.69, 9.17) is 5.11 Å². The predicted octanol–water partition coefficient (Wildman–Crippen LogP) is 1.83. The number of Topliss-reactive ketones (excluding diaryl/α,β-unsaturated/α-hetero) is 1. The number of carboxylic acids is 1. The van der Waals surface area contributed by atoms with E-state index in [0.29, 0.717) is 12.8 Å². The van der Waals surface area contributed by atoms with Crippen LogP contribution in [0.15, 0.2) is 0 Å². The van der Waals surface area contributed by atoms with Gasteiger partial charge in [0.1, 0.15) is 11.8 Å². The summed E-state index contributed by atoms with van der Waals surface area (Å²) < 4.78 is 0. The summed E-state index contributed by atoms with van der Waals surface area (Å²) in [4.78, 5) is 22.4. The normalized spacial score (nSPS) is 13.9. The lowest BCUT2D eigenvalue weighted by atomic mass is 9.99. The molecule has 2 N–H and O–H groups in total. The first kappa shape index (κ1) is 15.1. The quantitative estimate of drug-likeness (QED) is 0.729. The highest BCUT2D eigenvalue weighted by molar-refractivity contribution is 5.81. The van der Waals surface area contributed by atoms with E-state index >= 15 is 0 Å². The second-order valence-corrected chi connectivity index (χ2v) is 5.44. The van der Waals surface area contributed by atoms with Gasteiger partial charge in [0.05, 0.1) is 0 Å². The van der Waals surface area contributed by atoms with Gasteiger partial charge in [-0.2, -0.15) is 0 Å². The van der Waals surface area contributed by atoms with Gasteiger partial charge in [0.15, 0.2) is 0 Å². The Hall–Kier alpha value is -0.900. The lowest BCUT2D eigenvalue weighted by molar-refractivity contribution is -0.140. The van der Waals surface area contributed by atoms with Crippen LogP contribution in [0.1, 0.15) is 47.5 Å². The van der Waals surface area contributed by atoms with Crippen LogP contribution >= 0.6 is 0 Å². The summed E-state index contributed by atoms with van der Waals surface area (Å²) in [6.45, 7) is 9.39. The van der Waals surface area contributed by atoms with Crippen LogP contribution < -0.4 is 5.32 Å². The first-order valence-corrected chi connectivity index (χ1v) is 5.66. The van der Waals surface area contributed by atoms with Crippen LogP contribution in [0, 0.1) is 5.92 Å². The molecule has 16 heavy (non-hydrogen) atoms. The van der Waals surface area contributed by atoms with Gasteiger partial charge < -0.3 is 5.11 Å². The Labute approximate surface area is 97.4 Å². The fraction of sp³-hybridized carbons (Fsp3) is 0.833. The molecule has 0 aliphatic rings. The van der Waals surface area contributed by atoms with Crippen LogP contribution in [0.5, 0.6) is 0 Å². The lowest BCUT2D eigenvalue weighted by Crippen LogP contribution is -2.47. The number of nitrogens with one attached hydrogen (secondary N) is 1. The molecule has 4 nitrogen and oxygen atoms in total. The third-order valence-corrected chi connectivity index (χ3v) is 2.23. The second kappa shape index (κ2) is 5.99. The van der Waals surface area contributed by atoms with Gasteiger partial charge in [0, 0.05) is 17.9 Å². The van der Waals surface area contributed by atoms with Crippen LogP contribution in [0.25, 0.3) is 0 Å². The highest BCUT2D eigenvalue weighted by atomic mass is 16.4. The predicted molar refractivity (Wildman–Crippen MR) is 63.4 cm³/mol. The van der Waals surface area contributed by atoms with Crippen molar-refractivity contribution in [3.05, 3.63) is 0 Å². The maximum absolute atomic E-state index is 11.4. The Balaban J connectivity index is 4.26. The van der Waals surface area contributed by atoms with Crippen molar-refractivity contribution in [2.75, 3.05) is 0 Å². The Morgan fingerprint density at radius 1 is 1.25 bits per heavy atom. The minimum Gasteiger partial charge on any atom is -0.480 e. The average molecular weight is 229 g/mol. The van der Waals surface area contributed by atoms with Crippen molar-refractivity contribution in [3.63, 3.8) is 0 Å². The van der Waals surface area contributed by atoms with Gasteiger partial charge in [-0.3, -0.25) is 14.9 Å². The summed E-state index contributed by atoms with van der Waals surface area (Å²) in [6.07, 6.45) is 0.668. The molecule has 0 aliphatic carbocycles. The van der Waals surface area contributed by atoms with Gasteiger partial charge in [-0.1, -0.05) is 13.8 Å². The molecule has 0 radical (unpaired) electrons. The SMILES string of the molecule is CC(C)C(=O)CC[C@@H](NC(C)(C)C)C(=O)O. The topological polar surface area (TPSA) is 66.4 Å². The maximum Gasteiger partial charge on any atom is 0.320 e. The molecule has 0 unspecified atom stereocenters. The smallest absolute Gasteiger partial charge is 0.320 e. The Kier molecular flexibility index (Phi) is 5.65. The van der Waals surface area contributed by atoms with Crippen LogP contribution in [-0.2, 0) is 9.59 Å². The number of ketones is 1. The third kappa shape index (κ3) is 6.56. The number of rotatable bonds is 6. The summed E-state index contributed by atoms with van der Waals surface area (Å²) in [5.41, 5.74) is -0.260. The number of carbonyl (C=O) groups excluding carboxylic acids is 1. The van der Waals surface area contributed by atoms with Crippen molar-refractivity contribution in [2.24, 2.45) is 5.92 Å². The van der Waals surface area contributed by atoms with E-state index in [1.165, 1.54) is 0 Å². The van der Waals surface area contributed by atoms with E-state index in [-0.39, 0.29) is 17.2 Å². The number of aliphatic carboxylic acids is 1. The van der Waals surface area contributed by atoms with E-state index in [1.54, 1.807) is 0 Å². The average Bonchev–Trinajstić information content (AvgIpc) is 2.09. The lowest BCUT2D eigenvalue weighted by Gasteiger charge is -2.25. The molecule has 0 saturated carbocycles. The fourth-order valence-corrected chi connectivity index (χ4v) is 1.36. The zero-order valence-electron chi connectivity index (χ0n) is 10.8. The summed E-state index contributed by atoms with van der Waals surface area (Å²) in [6, 6.07) is -0.650. The molecule has 0 aromatic carbocycles. The van der Waals surface area contributed by atoms with Gasteiger partial charge >= 0.3 is 5.97 Å². The minimum absolute atomic E-state index is 0.0240. The first-order valence-electron chi connectivity index (χ1n) is 5.66. The van der Waals surface area contributed by atoms with Crippen LogP contribution in [0.3, 0.4) is 0 Å². The molecule has 4 heteroatoms. The maximum atomic E-state index is 11.4. The van der Waals surface area contributed by atoms with E-state index < -0.39 is 12.0 Å². The molecule has 0 amide bonds. The Bertz CT molecular complexity index is 253. The van der Waals surface area contributed by atoms with Gasteiger partial charge in [0.2, 0.25) is 0 Å². The van der Waals surface area contributed by atoms with Crippen molar-refractivity contribution in [1.29, 1.82) is 0 Å². The molecular weight excluding hydrogens is 206 g/mol. The highest BCUT2D eigenvalue weighted by Crippen LogP contribution is 2.09. The molecule has 0 rings (SSSR count). The van der Waals surface area contributed by atoms with Crippen molar-refractivity contribution < 1.29 is 14.7 Å². The van der Waals surface area contributed by atoms with Gasteiger partial charge in [-0.25, -0.2) is 0 Å². The van der Waals surface area contributed by atoms with Gasteiger partial charge in [-0.05, 0) is 27.2 Å². The minimum atomic E-state index is -0.897. The molecular formula is C12H23NO3. The highest BCUT2D eigenvalue weighted by Gasteiger charge is 2.24. The molecule has 0 aromatic heterocycles. The Morgan fingerprint density at radius 2 is 1.75 bits per heavy atom. The zero-order valence-corrected chi connectivity index (χ0v) is 10.8. The molecule has 0 bridgehead atoms. The molecule has 0 saturated heterocycles. The number of carboxylic acid groups (broad SMARTS) is 1. The van der Waals surface area contributed by atoms with E-state index in [0.717, 1.165) is 0 Å². The summed E-state index contributed by atoms with van der Waals surface area (Å²) in [5.74, 6) is -0.808. The summed E-state index contributed by atoms with van der Waals surface area (Å²) >= 11 is 0.